The fraction of sp³-hybridized carbons (Fsp3) is 0.300. The van der Waals surface area contributed by atoms with Crippen LogP contribution in [0.4, 0.5) is 0 Å². The summed E-state index contributed by atoms with van der Waals surface area (Å²) in [5.74, 6) is 0.620. The molecule has 0 fully saturated rings. The number of halogens is 1. The molecule has 0 spiro atoms. The number of hydrogen-bond donors (Lipinski definition) is 0. The minimum Gasteiger partial charge on any atom is -0.106 e. The van der Waals surface area contributed by atoms with Crippen molar-refractivity contribution < 1.29 is 0 Å². The predicted octanol–water partition coefficient (Wildman–Crippen LogP) is 4.69. The zero-order valence-electron chi connectivity index (χ0n) is 12.9. The molecule has 2 heteroatoms. The molecular formula is C20H19BrS. The largest absolute Gasteiger partial charge is 0.106 e. The molecule has 0 N–H and O–H groups in total. The fourth-order valence-corrected chi connectivity index (χ4v) is 5.52. The smallest absolute Gasteiger partial charge is 0.0836 e. The van der Waals surface area contributed by atoms with Crippen LogP contribution in [0.25, 0.3) is 17.7 Å². The minimum absolute atomic E-state index is 0.422. The molecule has 22 heavy (non-hydrogen) atoms. The molecule has 1 aliphatic heterocycles. The molecule has 112 valence electrons. The van der Waals surface area contributed by atoms with E-state index in [1.807, 2.05) is 11.8 Å². The second-order valence-electron chi connectivity index (χ2n) is 6.29. The first-order valence-electron chi connectivity index (χ1n) is 7.86. The number of alkyl halides is 1. The van der Waals surface area contributed by atoms with Gasteiger partial charge in [0, 0.05) is 4.90 Å². The summed E-state index contributed by atoms with van der Waals surface area (Å²) in [6, 6.07) is 2.42. The van der Waals surface area contributed by atoms with Gasteiger partial charge in [0.2, 0.25) is 0 Å². The average Bonchev–Trinajstić information content (AvgIpc) is 3.17. The van der Waals surface area contributed by atoms with Gasteiger partial charge in [-0.1, -0.05) is 52.4 Å². The molecule has 0 bridgehead atoms. The van der Waals surface area contributed by atoms with Crippen LogP contribution in [0.1, 0.15) is 30.9 Å². The Balaban J connectivity index is 1.77. The van der Waals surface area contributed by atoms with Gasteiger partial charge in [-0.2, -0.15) is 0 Å². The first-order chi connectivity index (χ1) is 10.6. The number of rotatable bonds is 3. The van der Waals surface area contributed by atoms with E-state index in [1.165, 1.54) is 44.9 Å². The van der Waals surface area contributed by atoms with Gasteiger partial charge in [-0.05, 0) is 71.4 Å². The van der Waals surface area contributed by atoms with Crippen molar-refractivity contribution in [3.05, 3.63) is 57.5 Å². The van der Waals surface area contributed by atoms with Crippen LogP contribution in [0.3, 0.4) is 0 Å². The highest BCUT2D eigenvalue weighted by Crippen LogP contribution is 2.33. The maximum Gasteiger partial charge on any atom is 0.0836 e. The monoisotopic (exact) mass is 370 g/mol. The Labute approximate surface area is 144 Å². The third kappa shape index (κ3) is 2.37. The van der Waals surface area contributed by atoms with E-state index in [0.717, 1.165) is 0 Å². The van der Waals surface area contributed by atoms with Crippen LogP contribution in [0, 0.1) is 12.8 Å². The first-order valence-corrected chi connectivity index (χ1v) is 9.66. The molecule has 1 aromatic rings. The van der Waals surface area contributed by atoms with Crippen molar-refractivity contribution in [3.63, 3.8) is 0 Å². The van der Waals surface area contributed by atoms with Crippen molar-refractivity contribution in [1.29, 1.82) is 0 Å². The highest BCUT2D eigenvalue weighted by molar-refractivity contribution is 9.11. The lowest BCUT2D eigenvalue weighted by atomic mass is 9.97. The SMILES string of the molecule is CC1=Cc2c(C)c3c(cc2=C1CCC1C=CC=C1)SC(Br)C=3. The molecule has 0 nitrogen and oxygen atoms in total. The molecule has 1 unspecified atom stereocenters. The van der Waals surface area contributed by atoms with Crippen molar-refractivity contribution in [3.8, 4) is 0 Å². The van der Waals surface area contributed by atoms with Crippen LogP contribution in [0.2, 0.25) is 0 Å². The Morgan fingerprint density at radius 3 is 2.73 bits per heavy atom. The Morgan fingerprint density at radius 2 is 1.95 bits per heavy atom. The second-order valence-corrected chi connectivity index (χ2v) is 9.06. The minimum atomic E-state index is 0.422. The van der Waals surface area contributed by atoms with Gasteiger partial charge in [0.05, 0.1) is 4.16 Å². The van der Waals surface area contributed by atoms with Crippen LogP contribution in [-0.4, -0.2) is 4.16 Å². The Hall–Kier alpha value is -0.990. The quantitative estimate of drug-likeness (QED) is 0.695. The van der Waals surface area contributed by atoms with Crippen LogP contribution in [0.15, 0.2) is 40.8 Å². The maximum atomic E-state index is 3.71. The molecule has 2 aliphatic carbocycles. The van der Waals surface area contributed by atoms with E-state index >= 15 is 0 Å². The fourth-order valence-electron chi connectivity index (χ4n) is 3.67. The molecule has 1 heterocycles. The van der Waals surface area contributed by atoms with Crippen LogP contribution in [0.5, 0.6) is 0 Å². The molecule has 0 saturated carbocycles. The molecular weight excluding hydrogens is 352 g/mol. The molecule has 4 rings (SSSR count). The Kier molecular flexibility index (Phi) is 3.70. The standard InChI is InChI=1S/C20H19BrS/c1-12-9-16-13(2)17-11-20(21)22-19(17)10-18(16)15(12)8-7-14-5-3-4-6-14/h3-6,9-11,14,20H,7-8H2,1-2H3. The summed E-state index contributed by atoms with van der Waals surface area (Å²) in [6.45, 7) is 4.54. The number of thioether (sulfide) groups is 1. The van der Waals surface area contributed by atoms with Gasteiger partial charge in [0.25, 0.3) is 0 Å². The highest BCUT2D eigenvalue weighted by Gasteiger charge is 2.20. The Bertz CT molecular complexity index is 843. The highest BCUT2D eigenvalue weighted by atomic mass is 79.9. The van der Waals surface area contributed by atoms with E-state index in [9.17, 15) is 0 Å². The molecule has 0 saturated heterocycles. The summed E-state index contributed by atoms with van der Waals surface area (Å²) < 4.78 is 0.422. The lowest BCUT2D eigenvalue weighted by molar-refractivity contribution is 0.736. The molecule has 1 atom stereocenters. The maximum absolute atomic E-state index is 3.71. The van der Waals surface area contributed by atoms with Crippen molar-refractivity contribution >= 4 is 45.4 Å². The van der Waals surface area contributed by atoms with E-state index in [1.54, 1.807) is 5.57 Å². The molecule has 0 amide bonds. The van der Waals surface area contributed by atoms with Crippen LogP contribution < -0.4 is 10.4 Å². The summed E-state index contributed by atoms with van der Waals surface area (Å²) in [5, 5.41) is 2.90. The molecule has 0 radical (unpaired) electrons. The van der Waals surface area contributed by atoms with E-state index < -0.39 is 0 Å². The topological polar surface area (TPSA) is 0 Å². The molecule has 3 aliphatic rings. The van der Waals surface area contributed by atoms with Gasteiger partial charge in [-0.15, -0.1) is 11.8 Å². The lowest BCUT2D eigenvalue weighted by Crippen LogP contribution is -2.18. The summed E-state index contributed by atoms with van der Waals surface area (Å²) in [4.78, 5) is 1.43. The summed E-state index contributed by atoms with van der Waals surface area (Å²) in [5.41, 5.74) is 5.89. The number of allylic oxidation sites excluding steroid dienone is 5. The van der Waals surface area contributed by atoms with E-state index in [-0.39, 0.29) is 0 Å². The van der Waals surface area contributed by atoms with Gasteiger partial charge in [-0.25, -0.2) is 0 Å². The van der Waals surface area contributed by atoms with Crippen molar-refractivity contribution in [1.82, 2.24) is 0 Å². The summed E-state index contributed by atoms with van der Waals surface area (Å²) in [6.07, 6.45) is 16.1. The zero-order valence-corrected chi connectivity index (χ0v) is 15.3. The summed E-state index contributed by atoms with van der Waals surface area (Å²) >= 11 is 5.63. The zero-order chi connectivity index (χ0) is 15.3. The van der Waals surface area contributed by atoms with Crippen LogP contribution in [-0.2, 0) is 0 Å². The third-order valence-corrected chi connectivity index (χ3v) is 6.67. The predicted molar refractivity (Wildman–Crippen MR) is 102 cm³/mol. The molecule has 1 aromatic carbocycles. The number of hydrogen-bond acceptors (Lipinski definition) is 1. The Morgan fingerprint density at radius 1 is 1.18 bits per heavy atom. The van der Waals surface area contributed by atoms with E-state index in [0.29, 0.717) is 10.1 Å². The first kappa shape index (κ1) is 14.6. The van der Waals surface area contributed by atoms with Crippen LogP contribution >= 0.6 is 27.7 Å². The number of benzene rings is 1. The van der Waals surface area contributed by atoms with Gasteiger partial charge in [-0.3, -0.25) is 0 Å². The van der Waals surface area contributed by atoms with Crippen molar-refractivity contribution in [2.45, 2.75) is 35.7 Å². The van der Waals surface area contributed by atoms with Gasteiger partial charge in [0.15, 0.2) is 0 Å². The summed E-state index contributed by atoms with van der Waals surface area (Å²) in [7, 11) is 0. The second kappa shape index (κ2) is 5.58. The lowest BCUT2D eigenvalue weighted by Gasteiger charge is -2.09. The van der Waals surface area contributed by atoms with E-state index in [4.69, 9.17) is 0 Å². The van der Waals surface area contributed by atoms with Gasteiger partial charge < -0.3 is 0 Å². The van der Waals surface area contributed by atoms with Gasteiger partial charge >= 0.3 is 0 Å². The van der Waals surface area contributed by atoms with Crippen molar-refractivity contribution in [2.75, 3.05) is 0 Å². The number of fused-ring (bicyclic) bond motifs is 2. The average molecular weight is 371 g/mol. The van der Waals surface area contributed by atoms with E-state index in [2.05, 4.69) is 72.3 Å². The van der Waals surface area contributed by atoms with Gasteiger partial charge in [0.1, 0.15) is 0 Å². The van der Waals surface area contributed by atoms with Crippen molar-refractivity contribution in [2.24, 2.45) is 5.92 Å². The molecule has 0 aromatic heterocycles. The third-order valence-electron chi connectivity index (χ3n) is 4.89. The normalized spacial score (nSPS) is 22.0.